The van der Waals surface area contributed by atoms with E-state index in [4.69, 9.17) is 5.11 Å². The number of aliphatic carboxylic acids is 1. The molecule has 0 spiro atoms. The summed E-state index contributed by atoms with van der Waals surface area (Å²) in [7, 11) is 0. The van der Waals surface area contributed by atoms with Gasteiger partial charge in [-0.1, -0.05) is 0 Å². The zero-order valence-electron chi connectivity index (χ0n) is 6.83. The monoisotopic (exact) mass is 192 g/mol. The number of hydrogen-bond acceptors (Lipinski definition) is 2. The number of halogens is 1. The lowest BCUT2D eigenvalue weighted by molar-refractivity contribution is -0.143. The predicted molar refractivity (Wildman–Crippen MR) is 47.2 cm³/mol. The average Bonchev–Trinajstić information content (AvgIpc) is 2.06. The Balaban J connectivity index is 2.24. The van der Waals surface area contributed by atoms with Crippen molar-refractivity contribution in [1.29, 1.82) is 0 Å². The molecule has 0 aromatic heterocycles. The molecule has 1 aliphatic rings. The second-order valence-electron chi connectivity index (χ2n) is 3.10. The van der Waals surface area contributed by atoms with Gasteiger partial charge in [0.05, 0.1) is 0 Å². The van der Waals surface area contributed by atoms with Crippen molar-refractivity contribution in [1.82, 2.24) is 0 Å². The van der Waals surface area contributed by atoms with Gasteiger partial charge in [-0.05, 0) is 36.7 Å². The molecule has 0 aromatic rings. The quantitative estimate of drug-likeness (QED) is 0.742. The zero-order chi connectivity index (χ0) is 8.97. The standard InChI is InChI=1S/C8H13FO2S/c9-7(8(10)11)5-6-1-3-12-4-2-6/h6-7H,1-5H2,(H,10,11). The zero-order valence-corrected chi connectivity index (χ0v) is 7.65. The molecule has 1 fully saturated rings. The number of carboxylic acids is 1. The summed E-state index contributed by atoms with van der Waals surface area (Å²) >= 11 is 1.86. The second kappa shape index (κ2) is 4.70. The lowest BCUT2D eigenvalue weighted by atomic mass is 9.96. The lowest BCUT2D eigenvalue weighted by Crippen LogP contribution is -2.21. The topological polar surface area (TPSA) is 37.3 Å². The van der Waals surface area contributed by atoms with E-state index in [0.717, 1.165) is 24.3 Å². The van der Waals surface area contributed by atoms with Gasteiger partial charge >= 0.3 is 5.97 Å². The largest absolute Gasteiger partial charge is 0.479 e. The molecule has 1 atom stereocenters. The molecule has 1 heterocycles. The third kappa shape index (κ3) is 3.01. The fraction of sp³-hybridized carbons (Fsp3) is 0.875. The van der Waals surface area contributed by atoms with Crippen LogP contribution in [-0.4, -0.2) is 28.8 Å². The third-order valence-corrected chi connectivity index (χ3v) is 3.20. The minimum absolute atomic E-state index is 0.204. The van der Waals surface area contributed by atoms with Crippen LogP contribution in [0.15, 0.2) is 0 Å². The van der Waals surface area contributed by atoms with E-state index in [1.54, 1.807) is 0 Å². The molecular formula is C8H13FO2S. The van der Waals surface area contributed by atoms with E-state index in [1.165, 1.54) is 0 Å². The molecule has 0 bridgehead atoms. The van der Waals surface area contributed by atoms with E-state index >= 15 is 0 Å². The maximum Gasteiger partial charge on any atom is 0.338 e. The van der Waals surface area contributed by atoms with Gasteiger partial charge < -0.3 is 5.11 Å². The Morgan fingerprint density at radius 2 is 2.17 bits per heavy atom. The molecule has 4 heteroatoms. The van der Waals surface area contributed by atoms with Crippen molar-refractivity contribution in [2.24, 2.45) is 5.92 Å². The summed E-state index contributed by atoms with van der Waals surface area (Å²) in [5.41, 5.74) is 0. The Morgan fingerprint density at radius 1 is 1.58 bits per heavy atom. The van der Waals surface area contributed by atoms with Crippen LogP contribution in [0.5, 0.6) is 0 Å². The Bertz CT molecular complexity index is 157. The predicted octanol–water partition coefficient (Wildman–Crippen LogP) is 1.94. The van der Waals surface area contributed by atoms with Crippen LogP contribution >= 0.6 is 11.8 Å². The summed E-state index contributed by atoms with van der Waals surface area (Å²) in [6.07, 6.45) is 0.491. The van der Waals surface area contributed by atoms with Crippen LogP contribution in [0.3, 0.4) is 0 Å². The first-order valence-electron chi connectivity index (χ1n) is 4.14. The summed E-state index contributed by atoms with van der Waals surface area (Å²) in [6.45, 7) is 0. The minimum Gasteiger partial charge on any atom is -0.479 e. The Morgan fingerprint density at radius 3 is 2.67 bits per heavy atom. The molecule has 1 rings (SSSR count). The van der Waals surface area contributed by atoms with Gasteiger partial charge in [-0.2, -0.15) is 11.8 Å². The summed E-state index contributed by atoms with van der Waals surface area (Å²) in [6, 6.07) is 0. The van der Waals surface area contributed by atoms with Crippen molar-refractivity contribution in [3.05, 3.63) is 0 Å². The van der Waals surface area contributed by atoms with Gasteiger partial charge in [0.25, 0.3) is 0 Å². The molecule has 1 saturated heterocycles. The highest BCUT2D eigenvalue weighted by Crippen LogP contribution is 2.26. The molecule has 0 aliphatic carbocycles. The fourth-order valence-electron chi connectivity index (χ4n) is 1.38. The molecule has 0 saturated carbocycles. The molecule has 1 N–H and O–H groups in total. The van der Waals surface area contributed by atoms with Crippen LogP contribution < -0.4 is 0 Å². The smallest absolute Gasteiger partial charge is 0.338 e. The molecule has 12 heavy (non-hydrogen) atoms. The van der Waals surface area contributed by atoms with E-state index in [1.807, 2.05) is 11.8 Å². The average molecular weight is 192 g/mol. The highest BCUT2D eigenvalue weighted by atomic mass is 32.2. The second-order valence-corrected chi connectivity index (χ2v) is 4.32. The molecule has 1 aliphatic heterocycles. The SMILES string of the molecule is O=C(O)C(F)CC1CCSCC1. The van der Waals surface area contributed by atoms with E-state index in [-0.39, 0.29) is 12.3 Å². The summed E-state index contributed by atoms with van der Waals surface area (Å²) in [5.74, 6) is 1.08. The maximum absolute atomic E-state index is 12.7. The van der Waals surface area contributed by atoms with Gasteiger partial charge in [0.1, 0.15) is 0 Å². The first-order valence-corrected chi connectivity index (χ1v) is 5.30. The van der Waals surface area contributed by atoms with Crippen LogP contribution in [0, 0.1) is 5.92 Å². The summed E-state index contributed by atoms with van der Waals surface area (Å²) in [5, 5.41) is 8.33. The number of thioether (sulfide) groups is 1. The van der Waals surface area contributed by atoms with Crippen LogP contribution in [0.1, 0.15) is 19.3 Å². The van der Waals surface area contributed by atoms with Gasteiger partial charge in [0.15, 0.2) is 6.17 Å². The molecule has 1 unspecified atom stereocenters. The normalized spacial score (nSPS) is 22.1. The Hall–Kier alpha value is -0.250. The first kappa shape index (κ1) is 9.84. The number of carboxylic acid groups (broad SMARTS) is 1. The van der Waals surface area contributed by atoms with Gasteiger partial charge in [0.2, 0.25) is 0 Å². The Labute approximate surface area is 75.5 Å². The minimum atomic E-state index is -1.65. The van der Waals surface area contributed by atoms with Crippen molar-refractivity contribution in [3.63, 3.8) is 0 Å². The summed E-state index contributed by atoms with van der Waals surface area (Å²) in [4.78, 5) is 10.2. The van der Waals surface area contributed by atoms with E-state index < -0.39 is 12.1 Å². The molecule has 2 nitrogen and oxygen atoms in total. The Kier molecular flexibility index (Phi) is 3.85. The van der Waals surface area contributed by atoms with Crippen molar-refractivity contribution in [2.45, 2.75) is 25.4 Å². The highest BCUT2D eigenvalue weighted by molar-refractivity contribution is 7.99. The van der Waals surface area contributed by atoms with Gasteiger partial charge in [0, 0.05) is 0 Å². The van der Waals surface area contributed by atoms with Gasteiger partial charge in [-0.3, -0.25) is 0 Å². The van der Waals surface area contributed by atoms with Crippen molar-refractivity contribution in [2.75, 3.05) is 11.5 Å². The van der Waals surface area contributed by atoms with Crippen molar-refractivity contribution >= 4 is 17.7 Å². The lowest BCUT2D eigenvalue weighted by Gasteiger charge is -2.21. The number of hydrogen-bond donors (Lipinski definition) is 1. The van der Waals surface area contributed by atoms with Crippen molar-refractivity contribution < 1.29 is 14.3 Å². The molecule has 0 amide bonds. The molecule has 0 radical (unpaired) electrons. The maximum atomic E-state index is 12.7. The van der Waals surface area contributed by atoms with Gasteiger partial charge in [-0.25, -0.2) is 9.18 Å². The van der Waals surface area contributed by atoms with E-state index in [0.29, 0.717) is 0 Å². The van der Waals surface area contributed by atoms with Crippen molar-refractivity contribution in [3.8, 4) is 0 Å². The molecule has 70 valence electrons. The van der Waals surface area contributed by atoms with E-state index in [2.05, 4.69) is 0 Å². The van der Waals surface area contributed by atoms with Gasteiger partial charge in [-0.15, -0.1) is 0 Å². The first-order chi connectivity index (χ1) is 5.70. The van der Waals surface area contributed by atoms with E-state index in [9.17, 15) is 9.18 Å². The molecule has 0 aromatic carbocycles. The number of rotatable bonds is 3. The summed E-state index contributed by atoms with van der Waals surface area (Å²) < 4.78 is 12.7. The van der Waals surface area contributed by atoms with Crippen LogP contribution in [0.2, 0.25) is 0 Å². The van der Waals surface area contributed by atoms with Crippen LogP contribution in [-0.2, 0) is 4.79 Å². The highest BCUT2D eigenvalue weighted by Gasteiger charge is 2.23. The number of alkyl halides is 1. The van der Waals surface area contributed by atoms with Crippen LogP contribution in [0.4, 0.5) is 4.39 Å². The van der Waals surface area contributed by atoms with Crippen LogP contribution in [0.25, 0.3) is 0 Å². The third-order valence-electron chi connectivity index (χ3n) is 2.15. The molecular weight excluding hydrogens is 179 g/mol. The fourth-order valence-corrected chi connectivity index (χ4v) is 2.58. The number of carbonyl (C=O) groups is 1.